The zero-order valence-corrected chi connectivity index (χ0v) is 11.4. The highest BCUT2D eigenvalue weighted by Gasteiger charge is 2.13. The summed E-state index contributed by atoms with van der Waals surface area (Å²) in [4.78, 5) is 12.9. The topological polar surface area (TPSA) is 29.1 Å². The Labute approximate surface area is 108 Å². The van der Waals surface area contributed by atoms with Gasteiger partial charge in [0.05, 0.1) is 5.25 Å². The molecule has 0 aliphatic heterocycles. The fourth-order valence-corrected chi connectivity index (χ4v) is 2.40. The Morgan fingerprint density at radius 1 is 1.29 bits per heavy atom. The summed E-state index contributed by atoms with van der Waals surface area (Å²) in [6.45, 7) is 4.91. The van der Waals surface area contributed by atoms with Crippen LogP contribution in [0.4, 0.5) is 0 Å². The Morgan fingerprint density at radius 2 is 2.00 bits per heavy atom. The number of benzene rings is 1. The molecule has 0 bridgehead atoms. The second-order valence-corrected chi connectivity index (χ2v) is 5.49. The van der Waals surface area contributed by atoms with Gasteiger partial charge in [-0.3, -0.25) is 4.79 Å². The second-order valence-electron chi connectivity index (χ2n) is 4.07. The smallest absolute Gasteiger partial charge is 0.233 e. The first-order valence-corrected chi connectivity index (χ1v) is 7.11. The minimum Gasteiger partial charge on any atom is -0.355 e. The summed E-state index contributed by atoms with van der Waals surface area (Å²) in [5.41, 5.74) is 0. The molecule has 1 amide bonds. The van der Waals surface area contributed by atoms with Crippen molar-refractivity contribution >= 4 is 17.7 Å². The largest absolute Gasteiger partial charge is 0.355 e. The molecule has 0 spiro atoms. The highest BCUT2D eigenvalue weighted by atomic mass is 32.2. The van der Waals surface area contributed by atoms with Crippen molar-refractivity contribution in [2.24, 2.45) is 0 Å². The van der Waals surface area contributed by atoms with E-state index >= 15 is 0 Å². The Hall–Kier alpha value is -0.960. The zero-order chi connectivity index (χ0) is 12.5. The number of nitrogens with one attached hydrogen (secondary N) is 1. The standard InChI is InChI=1S/C14H21NOS/c1-3-4-8-11-15-14(16)12(2)17-13-9-6-5-7-10-13/h5-7,9-10,12H,3-4,8,11H2,1-2H3,(H,15,16)/t12-/m1/s1. The van der Waals surface area contributed by atoms with Crippen molar-refractivity contribution in [2.45, 2.75) is 43.3 Å². The summed E-state index contributed by atoms with van der Waals surface area (Å²) in [5.74, 6) is 0.134. The first kappa shape index (κ1) is 14.1. The number of hydrogen-bond donors (Lipinski definition) is 1. The summed E-state index contributed by atoms with van der Waals surface area (Å²) in [6.07, 6.45) is 3.44. The maximum atomic E-state index is 11.8. The van der Waals surface area contributed by atoms with Gasteiger partial charge in [-0.2, -0.15) is 0 Å². The van der Waals surface area contributed by atoms with Gasteiger partial charge in [0.25, 0.3) is 0 Å². The highest BCUT2D eigenvalue weighted by molar-refractivity contribution is 8.00. The lowest BCUT2D eigenvalue weighted by molar-refractivity contribution is -0.120. The molecule has 1 N–H and O–H groups in total. The molecule has 0 saturated carbocycles. The molecule has 17 heavy (non-hydrogen) atoms. The second kappa shape index (κ2) is 8.18. The third-order valence-electron chi connectivity index (χ3n) is 2.50. The van der Waals surface area contributed by atoms with Crippen LogP contribution in [0.3, 0.4) is 0 Å². The number of carbonyl (C=O) groups is 1. The lowest BCUT2D eigenvalue weighted by Gasteiger charge is -2.11. The quantitative estimate of drug-likeness (QED) is 0.594. The molecular weight excluding hydrogens is 230 g/mol. The van der Waals surface area contributed by atoms with Gasteiger partial charge in [-0.15, -0.1) is 11.8 Å². The molecule has 3 heteroatoms. The molecule has 1 aromatic rings. The molecule has 0 unspecified atom stereocenters. The number of unbranched alkanes of at least 4 members (excludes halogenated alkanes) is 2. The van der Waals surface area contributed by atoms with Crippen molar-refractivity contribution in [2.75, 3.05) is 6.54 Å². The average Bonchev–Trinajstić information content (AvgIpc) is 2.35. The zero-order valence-electron chi connectivity index (χ0n) is 10.6. The van der Waals surface area contributed by atoms with E-state index in [9.17, 15) is 4.79 Å². The maximum absolute atomic E-state index is 11.8. The summed E-state index contributed by atoms with van der Waals surface area (Å²) in [5, 5.41) is 2.95. The number of carbonyl (C=O) groups excluding carboxylic acids is 1. The monoisotopic (exact) mass is 251 g/mol. The van der Waals surface area contributed by atoms with E-state index in [4.69, 9.17) is 0 Å². The van der Waals surface area contributed by atoms with Gasteiger partial charge in [-0.25, -0.2) is 0 Å². The SMILES string of the molecule is CCCCCNC(=O)[C@@H](C)Sc1ccccc1. The van der Waals surface area contributed by atoms with Crippen LogP contribution in [0.15, 0.2) is 35.2 Å². The van der Waals surface area contributed by atoms with E-state index in [0.29, 0.717) is 0 Å². The molecule has 0 fully saturated rings. The van der Waals surface area contributed by atoms with Crippen molar-refractivity contribution in [1.29, 1.82) is 0 Å². The molecule has 1 aromatic carbocycles. The number of rotatable bonds is 7. The van der Waals surface area contributed by atoms with Crippen LogP contribution in [0.25, 0.3) is 0 Å². The van der Waals surface area contributed by atoms with Gasteiger partial charge in [-0.1, -0.05) is 38.0 Å². The third-order valence-corrected chi connectivity index (χ3v) is 3.62. The molecule has 1 atom stereocenters. The molecule has 0 aromatic heterocycles. The molecule has 0 saturated heterocycles. The molecule has 0 aliphatic rings. The number of amides is 1. The van der Waals surface area contributed by atoms with E-state index in [0.717, 1.165) is 17.9 Å². The van der Waals surface area contributed by atoms with Gasteiger partial charge < -0.3 is 5.32 Å². The summed E-state index contributed by atoms with van der Waals surface area (Å²) in [6, 6.07) is 10.0. The molecule has 2 nitrogen and oxygen atoms in total. The molecule has 0 heterocycles. The van der Waals surface area contributed by atoms with Gasteiger partial charge in [0, 0.05) is 11.4 Å². The normalized spacial score (nSPS) is 12.1. The van der Waals surface area contributed by atoms with Gasteiger partial charge in [0.2, 0.25) is 5.91 Å². The first-order chi connectivity index (χ1) is 8.24. The third kappa shape index (κ3) is 5.78. The summed E-state index contributed by atoms with van der Waals surface area (Å²) >= 11 is 1.60. The molecule has 1 rings (SSSR count). The van der Waals surface area contributed by atoms with E-state index in [1.165, 1.54) is 12.8 Å². The minimum absolute atomic E-state index is 0.0287. The maximum Gasteiger partial charge on any atom is 0.233 e. The van der Waals surface area contributed by atoms with Crippen LogP contribution < -0.4 is 5.32 Å². The highest BCUT2D eigenvalue weighted by Crippen LogP contribution is 2.22. The average molecular weight is 251 g/mol. The fraction of sp³-hybridized carbons (Fsp3) is 0.500. The van der Waals surface area contributed by atoms with Crippen LogP contribution >= 0.6 is 11.8 Å². The van der Waals surface area contributed by atoms with E-state index in [1.807, 2.05) is 37.3 Å². The molecule has 0 aliphatic carbocycles. The fourth-order valence-electron chi connectivity index (χ4n) is 1.49. The number of thioether (sulfide) groups is 1. The van der Waals surface area contributed by atoms with Gasteiger partial charge in [0.1, 0.15) is 0 Å². The van der Waals surface area contributed by atoms with Crippen molar-refractivity contribution in [3.05, 3.63) is 30.3 Å². The van der Waals surface area contributed by atoms with Crippen molar-refractivity contribution in [3.63, 3.8) is 0 Å². The Bertz CT molecular complexity index is 326. The van der Waals surface area contributed by atoms with Crippen LogP contribution in [0.5, 0.6) is 0 Å². The van der Waals surface area contributed by atoms with Crippen LogP contribution in [0, 0.1) is 0 Å². The molecule has 0 radical (unpaired) electrons. The van der Waals surface area contributed by atoms with Crippen molar-refractivity contribution in [3.8, 4) is 0 Å². The van der Waals surface area contributed by atoms with Crippen LogP contribution in [0.1, 0.15) is 33.1 Å². The Kier molecular flexibility index (Phi) is 6.78. The van der Waals surface area contributed by atoms with Gasteiger partial charge >= 0.3 is 0 Å². The number of hydrogen-bond acceptors (Lipinski definition) is 2. The van der Waals surface area contributed by atoms with Gasteiger partial charge in [-0.05, 0) is 25.5 Å². The van der Waals surface area contributed by atoms with E-state index < -0.39 is 0 Å². The summed E-state index contributed by atoms with van der Waals surface area (Å²) in [7, 11) is 0. The van der Waals surface area contributed by atoms with E-state index in [1.54, 1.807) is 11.8 Å². The van der Waals surface area contributed by atoms with Crippen LogP contribution in [-0.4, -0.2) is 17.7 Å². The lowest BCUT2D eigenvalue weighted by atomic mass is 10.2. The molecule has 94 valence electrons. The van der Waals surface area contributed by atoms with Crippen molar-refractivity contribution in [1.82, 2.24) is 5.32 Å². The predicted octanol–water partition coefficient (Wildman–Crippen LogP) is 3.47. The Morgan fingerprint density at radius 3 is 2.65 bits per heavy atom. The minimum atomic E-state index is -0.0287. The van der Waals surface area contributed by atoms with Crippen LogP contribution in [-0.2, 0) is 4.79 Å². The van der Waals surface area contributed by atoms with E-state index in [-0.39, 0.29) is 11.2 Å². The van der Waals surface area contributed by atoms with E-state index in [2.05, 4.69) is 12.2 Å². The summed E-state index contributed by atoms with van der Waals surface area (Å²) < 4.78 is 0. The Balaban J connectivity index is 2.27. The molecular formula is C14H21NOS. The lowest BCUT2D eigenvalue weighted by Crippen LogP contribution is -2.31. The predicted molar refractivity (Wildman–Crippen MR) is 74.3 cm³/mol. The van der Waals surface area contributed by atoms with Gasteiger partial charge in [0.15, 0.2) is 0 Å². The van der Waals surface area contributed by atoms with Crippen molar-refractivity contribution < 1.29 is 4.79 Å². The van der Waals surface area contributed by atoms with Crippen LogP contribution in [0.2, 0.25) is 0 Å². The first-order valence-electron chi connectivity index (χ1n) is 6.23.